The molecule has 3 heteroatoms. The van der Waals surface area contributed by atoms with E-state index >= 15 is 0 Å². The Morgan fingerprint density at radius 3 is 2.37 bits per heavy atom. The van der Waals surface area contributed by atoms with Crippen LogP contribution >= 0.6 is 0 Å². The maximum atomic E-state index is 5.31. The fourth-order valence-electron chi connectivity index (χ4n) is 8.07. The quantitative estimate of drug-likeness (QED) is 0.261. The lowest BCUT2D eigenvalue weighted by molar-refractivity contribution is 0.291. The predicted octanol–water partition coefficient (Wildman–Crippen LogP) is 8.74. The molecule has 2 N–H and O–H groups in total. The second kappa shape index (κ2) is 10.5. The summed E-state index contributed by atoms with van der Waals surface area (Å²) in [7, 11) is 0. The third kappa shape index (κ3) is 4.58. The van der Waals surface area contributed by atoms with E-state index in [-0.39, 0.29) is 17.7 Å². The van der Waals surface area contributed by atoms with Gasteiger partial charge in [-0.25, -0.2) is 4.99 Å². The van der Waals surface area contributed by atoms with Crippen LogP contribution in [0.3, 0.4) is 0 Å². The lowest BCUT2D eigenvalue weighted by Gasteiger charge is -2.36. The van der Waals surface area contributed by atoms with Gasteiger partial charge < -0.3 is 5.32 Å². The van der Waals surface area contributed by atoms with Crippen LogP contribution in [-0.2, 0) is 11.8 Å². The first-order valence-corrected chi connectivity index (χ1v) is 15.9. The van der Waals surface area contributed by atoms with Gasteiger partial charge >= 0.3 is 0 Å². The number of rotatable bonds is 4. The molecule has 3 aliphatic carbocycles. The van der Waals surface area contributed by atoms with Gasteiger partial charge in [-0.15, -0.1) is 0 Å². The molecule has 1 aliphatic heterocycles. The summed E-state index contributed by atoms with van der Waals surface area (Å²) in [6, 6.07) is 35.9. The summed E-state index contributed by atoms with van der Waals surface area (Å²) in [4.78, 5) is 5.31. The largest absolute Gasteiger partial charge is 0.350 e. The first-order chi connectivity index (χ1) is 21.1. The van der Waals surface area contributed by atoms with Gasteiger partial charge in [0.05, 0.1) is 0 Å². The minimum Gasteiger partial charge on any atom is -0.350 e. The number of hydrogen-bond donors (Lipinski definition) is 2. The maximum absolute atomic E-state index is 5.31. The van der Waals surface area contributed by atoms with E-state index < -0.39 is 0 Å². The van der Waals surface area contributed by atoms with Crippen LogP contribution < -0.4 is 10.6 Å². The third-order valence-corrected chi connectivity index (χ3v) is 10.4. The van der Waals surface area contributed by atoms with Crippen LogP contribution in [0.25, 0.3) is 5.57 Å². The first-order valence-electron chi connectivity index (χ1n) is 15.9. The van der Waals surface area contributed by atoms with E-state index in [4.69, 9.17) is 4.99 Å². The Bertz CT molecular complexity index is 1760. The van der Waals surface area contributed by atoms with Crippen molar-refractivity contribution in [1.82, 2.24) is 10.6 Å². The molecule has 3 nitrogen and oxygen atoms in total. The van der Waals surface area contributed by atoms with Crippen molar-refractivity contribution in [2.24, 2.45) is 10.9 Å². The van der Waals surface area contributed by atoms with Gasteiger partial charge in [-0.2, -0.15) is 0 Å². The van der Waals surface area contributed by atoms with Crippen molar-refractivity contribution in [1.29, 1.82) is 0 Å². The smallest absolute Gasteiger partial charge is 0.131 e. The third-order valence-electron chi connectivity index (χ3n) is 10.4. The SMILES string of the molecule is CC1(C)c2cc(C3=NC(c4ccc(C5=CC=CCC5)cc4)NC(c4ccccc4)N3)ccc2C2c3ccccc3CCC21. The number of nitrogens with one attached hydrogen (secondary N) is 2. The van der Waals surface area contributed by atoms with Crippen LogP contribution in [0, 0.1) is 5.92 Å². The molecule has 4 aromatic carbocycles. The molecule has 43 heavy (non-hydrogen) atoms. The normalized spacial score (nSPS) is 25.1. The van der Waals surface area contributed by atoms with Gasteiger partial charge in [0.2, 0.25) is 0 Å². The van der Waals surface area contributed by atoms with Crippen LogP contribution in [-0.4, -0.2) is 5.84 Å². The number of amidine groups is 1. The van der Waals surface area contributed by atoms with Crippen molar-refractivity contribution in [2.75, 3.05) is 0 Å². The monoisotopic (exact) mass is 561 g/mol. The second-order valence-corrected chi connectivity index (χ2v) is 13.2. The average Bonchev–Trinajstić information content (AvgIpc) is 3.31. The number of fused-ring (bicyclic) bond motifs is 5. The summed E-state index contributed by atoms with van der Waals surface area (Å²) >= 11 is 0. The van der Waals surface area contributed by atoms with Crippen LogP contribution in [0.5, 0.6) is 0 Å². The highest BCUT2D eigenvalue weighted by Crippen LogP contribution is 2.57. The number of nitrogens with zero attached hydrogens (tertiary/aromatic N) is 1. The summed E-state index contributed by atoms with van der Waals surface area (Å²) in [5, 5.41) is 7.55. The maximum Gasteiger partial charge on any atom is 0.131 e. The van der Waals surface area contributed by atoms with Gasteiger partial charge in [0.1, 0.15) is 18.2 Å². The fourth-order valence-corrected chi connectivity index (χ4v) is 8.07. The molecule has 0 spiro atoms. The number of hydrogen-bond acceptors (Lipinski definition) is 3. The zero-order valence-electron chi connectivity index (χ0n) is 25.1. The molecule has 0 saturated carbocycles. The number of aliphatic imine (C=N–C) groups is 1. The molecule has 4 aliphatic rings. The lowest BCUT2D eigenvalue weighted by atomic mass is 9.68. The van der Waals surface area contributed by atoms with Gasteiger partial charge in [-0.3, -0.25) is 5.32 Å². The van der Waals surface area contributed by atoms with Crippen molar-refractivity contribution in [2.45, 2.75) is 63.2 Å². The van der Waals surface area contributed by atoms with Crippen molar-refractivity contribution in [3.63, 3.8) is 0 Å². The molecule has 4 aromatic rings. The summed E-state index contributed by atoms with van der Waals surface area (Å²) in [5.41, 5.74) is 12.4. The standard InChI is InChI=1S/C40H39N3/c1-40(2)34-24-22-28-13-9-10-16-32(28)36(34)33-23-21-31(25-35(33)40)39-42-37(29-14-7-4-8-15-29)41-38(43-39)30-19-17-27(18-20-30)26-11-5-3-6-12-26/h3-5,7-11,13-21,23,25,34,36-38,41H,6,12,22,24H2,1-2H3,(H,42,43). The molecule has 8 rings (SSSR count). The first kappa shape index (κ1) is 26.4. The zero-order chi connectivity index (χ0) is 29.0. The van der Waals surface area contributed by atoms with Gasteiger partial charge in [-0.05, 0) is 87.6 Å². The Kier molecular flexibility index (Phi) is 6.45. The highest BCUT2D eigenvalue weighted by atomic mass is 15.3. The Hall–Kier alpha value is -4.21. The minimum absolute atomic E-state index is 0.0414. The van der Waals surface area contributed by atoms with Crippen LogP contribution in [0.2, 0.25) is 0 Å². The van der Waals surface area contributed by atoms with Gasteiger partial charge in [0.25, 0.3) is 0 Å². The van der Waals surface area contributed by atoms with Crippen molar-refractivity contribution < 1.29 is 0 Å². The molecule has 4 unspecified atom stereocenters. The van der Waals surface area contributed by atoms with Crippen molar-refractivity contribution in [3.05, 3.63) is 160 Å². The summed E-state index contributed by atoms with van der Waals surface area (Å²) in [6.45, 7) is 4.92. The number of allylic oxidation sites excluding steroid dienone is 4. The summed E-state index contributed by atoms with van der Waals surface area (Å²) < 4.78 is 0. The van der Waals surface area contributed by atoms with E-state index in [0.29, 0.717) is 11.8 Å². The molecule has 0 saturated heterocycles. The van der Waals surface area contributed by atoms with E-state index in [1.165, 1.54) is 62.9 Å². The van der Waals surface area contributed by atoms with E-state index in [2.05, 4.69) is 140 Å². The van der Waals surface area contributed by atoms with Crippen molar-refractivity contribution >= 4 is 11.4 Å². The predicted molar refractivity (Wildman–Crippen MR) is 177 cm³/mol. The van der Waals surface area contributed by atoms with E-state index in [1.807, 2.05) is 0 Å². The van der Waals surface area contributed by atoms with Crippen LogP contribution in [0.15, 0.2) is 120 Å². The van der Waals surface area contributed by atoms with E-state index in [0.717, 1.165) is 18.7 Å². The molecule has 0 radical (unpaired) electrons. The molecule has 0 fully saturated rings. The van der Waals surface area contributed by atoms with Gasteiger partial charge in [-0.1, -0.05) is 123 Å². The molecule has 1 heterocycles. The van der Waals surface area contributed by atoms with E-state index in [9.17, 15) is 0 Å². The summed E-state index contributed by atoms with van der Waals surface area (Å²) in [5.74, 6) is 2.05. The Labute approximate surface area is 255 Å². The van der Waals surface area contributed by atoms with Gasteiger partial charge in [0, 0.05) is 11.5 Å². The van der Waals surface area contributed by atoms with Crippen LogP contribution in [0.1, 0.15) is 95.9 Å². The molecular formula is C40H39N3. The molecule has 214 valence electrons. The van der Waals surface area contributed by atoms with Gasteiger partial charge in [0.15, 0.2) is 0 Å². The number of benzene rings is 4. The highest BCUT2D eigenvalue weighted by Gasteiger charge is 2.48. The van der Waals surface area contributed by atoms with E-state index in [1.54, 1.807) is 0 Å². The lowest BCUT2D eigenvalue weighted by Crippen LogP contribution is -2.45. The fraction of sp³-hybridized carbons (Fsp3) is 0.275. The molecule has 0 aromatic heterocycles. The molecule has 4 atom stereocenters. The highest BCUT2D eigenvalue weighted by molar-refractivity contribution is 6.00. The Morgan fingerprint density at radius 2 is 1.56 bits per heavy atom. The molecule has 0 amide bonds. The second-order valence-electron chi connectivity index (χ2n) is 13.2. The Balaban J connectivity index is 1.18. The topological polar surface area (TPSA) is 36.4 Å². The molecule has 0 bridgehead atoms. The Morgan fingerprint density at radius 1 is 0.767 bits per heavy atom. The minimum atomic E-state index is -0.147. The molecular weight excluding hydrogens is 522 g/mol. The van der Waals surface area contributed by atoms with Crippen LogP contribution in [0.4, 0.5) is 0 Å². The zero-order valence-corrected chi connectivity index (χ0v) is 25.1. The summed E-state index contributed by atoms with van der Waals surface area (Å²) in [6.07, 6.45) is 11.1. The average molecular weight is 562 g/mol. The van der Waals surface area contributed by atoms with Crippen molar-refractivity contribution in [3.8, 4) is 0 Å². The number of aryl methyl sites for hydroxylation is 1.